The van der Waals surface area contributed by atoms with E-state index < -0.39 is 0 Å². The van der Waals surface area contributed by atoms with Gasteiger partial charge in [0.05, 0.1) is 18.4 Å². The number of carbonyl (C=O) groups excluding carboxylic acids is 2. The predicted octanol–water partition coefficient (Wildman–Crippen LogP) is 4.20. The Kier molecular flexibility index (Phi) is 5.81. The van der Waals surface area contributed by atoms with Crippen molar-refractivity contribution in [2.75, 3.05) is 18.2 Å². The zero-order valence-corrected chi connectivity index (χ0v) is 16.0. The highest BCUT2D eigenvalue weighted by Gasteiger charge is 2.27. The average Bonchev–Trinajstić information content (AvgIpc) is 3.16. The number of hydrogen-bond acceptors (Lipinski definition) is 5. The van der Waals surface area contributed by atoms with Crippen LogP contribution in [0, 0.1) is 6.92 Å². The summed E-state index contributed by atoms with van der Waals surface area (Å²) >= 11 is 3.09. The van der Waals surface area contributed by atoms with Crippen molar-refractivity contribution < 1.29 is 14.3 Å². The van der Waals surface area contributed by atoms with E-state index in [9.17, 15) is 9.59 Å². The van der Waals surface area contributed by atoms with Gasteiger partial charge in [0.1, 0.15) is 5.00 Å². The molecule has 1 aromatic carbocycles. The lowest BCUT2D eigenvalue weighted by molar-refractivity contribution is -0.113. The van der Waals surface area contributed by atoms with Crippen LogP contribution in [0.4, 0.5) is 5.00 Å². The molecule has 1 N–H and O–H groups in total. The van der Waals surface area contributed by atoms with E-state index in [4.69, 9.17) is 4.74 Å². The molecule has 132 valence electrons. The molecule has 0 radical (unpaired) electrons. The lowest BCUT2D eigenvalue weighted by Crippen LogP contribution is -2.16. The zero-order valence-electron chi connectivity index (χ0n) is 14.4. The second-order valence-corrected chi connectivity index (χ2v) is 8.11. The lowest BCUT2D eigenvalue weighted by atomic mass is 10.1. The molecule has 0 fully saturated rings. The summed E-state index contributed by atoms with van der Waals surface area (Å²) in [7, 11) is 1.38. The Balaban J connectivity index is 1.62. The summed E-state index contributed by atoms with van der Waals surface area (Å²) in [5.41, 5.74) is 4.08. The van der Waals surface area contributed by atoms with E-state index in [0.29, 0.717) is 16.3 Å². The smallest absolute Gasteiger partial charge is 0.341 e. The molecule has 0 aliphatic heterocycles. The van der Waals surface area contributed by atoms with E-state index in [1.165, 1.54) is 34.5 Å². The Morgan fingerprint density at radius 2 is 2.08 bits per heavy atom. The van der Waals surface area contributed by atoms with Crippen LogP contribution in [-0.2, 0) is 28.1 Å². The first-order chi connectivity index (χ1) is 12.1. The molecule has 0 spiro atoms. The number of benzene rings is 1. The van der Waals surface area contributed by atoms with Gasteiger partial charge in [-0.2, -0.15) is 0 Å². The predicted molar refractivity (Wildman–Crippen MR) is 104 cm³/mol. The largest absolute Gasteiger partial charge is 0.465 e. The van der Waals surface area contributed by atoms with Crippen LogP contribution in [0.1, 0.15) is 38.3 Å². The van der Waals surface area contributed by atoms with Gasteiger partial charge in [-0.3, -0.25) is 4.79 Å². The van der Waals surface area contributed by atoms with Crippen molar-refractivity contribution in [1.29, 1.82) is 0 Å². The highest BCUT2D eigenvalue weighted by molar-refractivity contribution is 7.99. The Labute approximate surface area is 156 Å². The number of carbonyl (C=O) groups is 2. The van der Waals surface area contributed by atoms with Gasteiger partial charge in [-0.25, -0.2) is 4.79 Å². The van der Waals surface area contributed by atoms with Crippen molar-refractivity contribution in [3.05, 3.63) is 51.4 Å². The van der Waals surface area contributed by atoms with Crippen LogP contribution in [0.5, 0.6) is 0 Å². The van der Waals surface area contributed by atoms with Crippen LogP contribution in [0.3, 0.4) is 0 Å². The van der Waals surface area contributed by atoms with Crippen molar-refractivity contribution in [2.45, 2.75) is 31.9 Å². The molecule has 1 amide bonds. The summed E-state index contributed by atoms with van der Waals surface area (Å²) in [6.45, 7) is 2.08. The molecule has 25 heavy (non-hydrogen) atoms. The minimum absolute atomic E-state index is 0.0799. The number of hydrogen-bond donors (Lipinski definition) is 1. The second kappa shape index (κ2) is 8.06. The molecule has 0 saturated carbocycles. The van der Waals surface area contributed by atoms with Crippen molar-refractivity contribution in [3.63, 3.8) is 0 Å². The molecular formula is C19H21NO3S2. The molecule has 1 heterocycles. The summed E-state index contributed by atoms with van der Waals surface area (Å²) in [5.74, 6) is 0.716. The second-order valence-electron chi connectivity index (χ2n) is 6.02. The third-order valence-corrected chi connectivity index (χ3v) is 6.50. The van der Waals surface area contributed by atoms with E-state index >= 15 is 0 Å². The molecule has 3 rings (SSSR count). The topological polar surface area (TPSA) is 55.4 Å². The van der Waals surface area contributed by atoms with Crippen molar-refractivity contribution in [1.82, 2.24) is 0 Å². The van der Waals surface area contributed by atoms with Crippen molar-refractivity contribution >= 4 is 40.0 Å². The molecule has 0 saturated heterocycles. The molecule has 6 heteroatoms. The van der Waals surface area contributed by atoms with Crippen LogP contribution in [0.15, 0.2) is 24.3 Å². The summed E-state index contributed by atoms with van der Waals surface area (Å²) in [4.78, 5) is 25.6. The number of thioether (sulfide) groups is 1. The minimum atomic E-state index is -0.359. The maximum atomic E-state index is 12.3. The Hall–Kier alpha value is -1.79. The maximum Gasteiger partial charge on any atom is 0.341 e. The Bertz CT molecular complexity index is 798. The van der Waals surface area contributed by atoms with Crippen LogP contribution in [0.25, 0.3) is 0 Å². The van der Waals surface area contributed by atoms with Gasteiger partial charge in [-0.1, -0.05) is 24.3 Å². The Morgan fingerprint density at radius 1 is 1.28 bits per heavy atom. The van der Waals surface area contributed by atoms with Crippen LogP contribution in [0.2, 0.25) is 0 Å². The molecule has 0 atom stereocenters. The highest BCUT2D eigenvalue weighted by Crippen LogP contribution is 2.39. The first kappa shape index (κ1) is 18.0. The number of rotatable bonds is 6. The van der Waals surface area contributed by atoms with Gasteiger partial charge in [-0.05, 0) is 42.9 Å². The van der Waals surface area contributed by atoms with Gasteiger partial charge in [0, 0.05) is 10.6 Å². The number of esters is 1. The summed E-state index contributed by atoms with van der Waals surface area (Å²) < 4.78 is 4.91. The quantitative estimate of drug-likeness (QED) is 0.769. The maximum absolute atomic E-state index is 12.3. The number of thiophene rings is 1. The molecule has 1 aromatic heterocycles. The fraction of sp³-hybridized carbons (Fsp3) is 0.368. The van der Waals surface area contributed by atoms with Crippen LogP contribution < -0.4 is 5.32 Å². The third-order valence-electron chi connectivity index (χ3n) is 4.32. The monoisotopic (exact) mass is 375 g/mol. The first-order valence-electron chi connectivity index (χ1n) is 8.25. The van der Waals surface area contributed by atoms with Gasteiger partial charge in [-0.15, -0.1) is 23.1 Å². The summed E-state index contributed by atoms with van der Waals surface area (Å²) in [5, 5.41) is 3.55. The van der Waals surface area contributed by atoms with Crippen LogP contribution >= 0.6 is 23.1 Å². The van der Waals surface area contributed by atoms with Gasteiger partial charge in [0.25, 0.3) is 0 Å². The summed E-state index contributed by atoms with van der Waals surface area (Å²) in [6, 6.07) is 8.19. The van der Waals surface area contributed by atoms with E-state index in [1.54, 1.807) is 11.8 Å². The van der Waals surface area contributed by atoms with Crippen molar-refractivity contribution in [3.8, 4) is 0 Å². The number of anilines is 1. The van der Waals surface area contributed by atoms with E-state index in [2.05, 4.69) is 24.4 Å². The molecule has 2 aromatic rings. The zero-order chi connectivity index (χ0) is 17.8. The number of methoxy groups -OCH3 is 1. The van der Waals surface area contributed by atoms with E-state index in [0.717, 1.165) is 30.6 Å². The van der Waals surface area contributed by atoms with Crippen LogP contribution in [-0.4, -0.2) is 24.7 Å². The lowest BCUT2D eigenvalue weighted by Gasteiger charge is -2.08. The number of fused-ring (bicyclic) bond motifs is 1. The number of nitrogens with one attached hydrogen (secondary N) is 1. The van der Waals surface area contributed by atoms with Gasteiger partial charge in [0.15, 0.2) is 0 Å². The third kappa shape index (κ3) is 4.07. The summed E-state index contributed by atoms with van der Waals surface area (Å²) in [6.07, 6.45) is 2.92. The molecule has 4 nitrogen and oxygen atoms in total. The van der Waals surface area contributed by atoms with Gasteiger partial charge in [0.2, 0.25) is 5.91 Å². The minimum Gasteiger partial charge on any atom is -0.465 e. The average molecular weight is 376 g/mol. The highest BCUT2D eigenvalue weighted by atomic mass is 32.2. The normalized spacial score (nSPS) is 12.7. The fourth-order valence-electron chi connectivity index (χ4n) is 3.00. The fourth-order valence-corrected chi connectivity index (χ4v) is 5.20. The van der Waals surface area contributed by atoms with E-state index in [1.807, 2.05) is 12.1 Å². The number of amides is 1. The molecule has 0 unspecified atom stereocenters. The van der Waals surface area contributed by atoms with E-state index in [-0.39, 0.29) is 11.9 Å². The number of aryl methyl sites for hydroxylation is 2. The SMILES string of the molecule is COC(=O)c1c(NC(=O)CSCc2ccccc2C)sc2c1CCC2. The van der Waals surface area contributed by atoms with Gasteiger partial charge >= 0.3 is 5.97 Å². The standard InChI is InChI=1S/C19H21NO3S2/c1-12-6-3-4-7-13(12)10-24-11-16(21)20-18-17(19(22)23-2)14-8-5-9-15(14)25-18/h3-4,6-7H,5,8-11H2,1-2H3,(H,20,21). The molecular weight excluding hydrogens is 354 g/mol. The van der Waals surface area contributed by atoms with Gasteiger partial charge < -0.3 is 10.1 Å². The number of ether oxygens (including phenoxy) is 1. The van der Waals surface area contributed by atoms with Crippen molar-refractivity contribution in [2.24, 2.45) is 0 Å². The molecule has 0 bridgehead atoms. The molecule has 1 aliphatic carbocycles. The Morgan fingerprint density at radius 3 is 2.84 bits per heavy atom. The molecule has 1 aliphatic rings. The first-order valence-corrected chi connectivity index (χ1v) is 10.2.